The number of rotatable bonds is 7. The monoisotopic (exact) mass is 504 g/mol. The van der Waals surface area contributed by atoms with E-state index in [0.29, 0.717) is 12.3 Å². The molecule has 2 aromatic heterocycles. The molecule has 0 spiro atoms. The maximum Gasteiger partial charge on any atom is 0.270 e. The molecule has 1 saturated heterocycles. The molecule has 6 nitrogen and oxygen atoms in total. The van der Waals surface area contributed by atoms with E-state index in [2.05, 4.69) is 51.6 Å². The number of nitrogens with zero attached hydrogens (tertiary/aromatic N) is 2. The number of aromatic amines is 1. The van der Waals surface area contributed by atoms with Crippen molar-refractivity contribution in [2.24, 2.45) is 0 Å². The number of hydrogen-bond donors (Lipinski definition) is 2. The van der Waals surface area contributed by atoms with Gasteiger partial charge in [0.05, 0.1) is 17.8 Å². The molecule has 0 atom stereocenters. The molecule has 5 aromatic rings. The van der Waals surface area contributed by atoms with Crippen LogP contribution in [0.1, 0.15) is 35.8 Å². The van der Waals surface area contributed by atoms with Gasteiger partial charge in [-0.05, 0) is 49.6 Å². The summed E-state index contributed by atoms with van der Waals surface area (Å²) >= 11 is 0. The van der Waals surface area contributed by atoms with Gasteiger partial charge in [-0.3, -0.25) is 9.69 Å². The lowest BCUT2D eigenvalue weighted by Gasteiger charge is -2.32. The average Bonchev–Trinajstić information content (AvgIpc) is 3.33. The van der Waals surface area contributed by atoms with Gasteiger partial charge in [0.25, 0.3) is 5.91 Å². The van der Waals surface area contributed by atoms with Crippen LogP contribution in [0, 0.1) is 0 Å². The van der Waals surface area contributed by atoms with Crippen LogP contribution in [0.5, 0.6) is 5.75 Å². The molecular weight excluding hydrogens is 472 g/mol. The second-order valence-corrected chi connectivity index (χ2v) is 9.89. The van der Waals surface area contributed by atoms with Crippen LogP contribution in [0.3, 0.4) is 0 Å². The topological polar surface area (TPSA) is 70.2 Å². The lowest BCUT2D eigenvalue weighted by Crippen LogP contribution is -2.44. The highest BCUT2D eigenvalue weighted by Crippen LogP contribution is 2.36. The van der Waals surface area contributed by atoms with Gasteiger partial charge >= 0.3 is 0 Å². The summed E-state index contributed by atoms with van der Waals surface area (Å²) in [6.07, 6.45) is 1.85. The highest BCUT2D eigenvalue weighted by atomic mass is 16.5. The third kappa shape index (κ3) is 4.87. The quantitative estimate of drug-likeness (QED) is 0.278. The first-order chi connectivity index (χ1) is 18.7. The summed E-state index contributed by atoms with van der Waals surface area (Å²) in [7, 11) is 0. The maximum atomic E-state index is 13.6. The van der Waals surface area contributed by atoms with E-state index >= 15 is 0 Å². The summed E-state index contributed by atoms with van der Waals surface area (Å²) in [6.45, 7) is 5.39. The van der Waals surface area contributed by atoms with Crippen molar-refractivity contribution in [2.75, 3.05) is 19.7 Å². The number of carbonyl (C=O) groups excluding carboxylic acids is 1. The Morgan fingerprint density at radius 2 is 1.71 bits per heavy atom. The van der Waals surface area contributed by atoms with Crippen LogP contribution < -0.4 is 10.1 Å². The maximum absolute atomic E-state index is 13.6. The summed E-state index contributed by atoms with van der Waals surface area (Å²) < 4.78 is 5.93. The van der Waals surface area contributed by atoms with Crippen molar-refractivity contribution < 1.29 is 9.53 Å². The average molecular weight is 505 g/mol. The Morgan fingerprint density at radius 1 is 0.974 bits per heavy atom. The Labute approximate surface area is 222 Å². The lowest BCUT2D eigenvalue weighted by molar-refractivity contribution is 0.0904. The van der Waals surface area contributed by atoms with Crippen molar-refractivity contribution in [1.82, 2.24) is 20.2 Å². The van der Waals surface area contributed by atoms with E-state index < -0.39 is 0 Å². The molecule has 2 N–H and O–H groups in total. The number of fused-ring (bicyclic) bond motifs is 3. The largest absolute Gasteiger partial charge is 0.493 e. The first-order valence-corrected chi connectivity index (χ1v) is 13.4. The summed E-state index contributed by atoms with van der Waals surface area (Å²) in [5.41, 5.74) is 5.27. The fourth-order valence-electron chi connectivity index (χ4n) is 5.44. The Bertz CT molecular complexity index is 1570. The second-order valence-electron chi connectivity index (χ2n) is 9.89. The number of ether oxygens (including phenoxy) is 1. The van der Waals surface area contributed by atoms with Gasteiger partial charge in [-0.1, -0.05) is 60.7 Å². The summed E-state index contributed by atoms with van der Waals surface area (Å²) in [4.78, 5) is 24.5. The molecule has 0 bridgehead atoms. The predicted octanol–water partition coefficient (Wildman–Crippen LogP) is 6.18. The minimum atomic E-state index is -0.131. The number of aromatic nitrogens is 2. The van der Waals surface area contributed by atoms with Gasteiger partial charge in [-0.2, -0.15) is 0 Å². The zero-order chi connectivity index (χ0) is 25.9. The highest BCUT2D eigenvalue weighted by molar-refractivity contribution is 6.13. The molecule has 6 rings (SSSR count). The van der Waals surface area contributed by atoms with Gasteiger partial charge < -0.3 is 15.0 Å². The molecule has 0 radical (unpaired) electrons. The Balaban J connectivity index is 1.28. The van der Waals surface area contributed by atoms with E-state index in [-0.39, 0.29) is 11.9 Å². The minimum absolute atomic E-state index is 0.131. The van der Waals surface area contributed by atoms with Gasteiger partial charge in [-0.15, -0.1) is 0 Å². The van der Waals surface area contributed by atoms with Crippen molar-refractivity contribution >= 4 is 27.7 Å². The molecule has 6 heteroatoms. The molecule has 192 valence electrons. The Morgan fingerprint density at radius 3 is 2.53 bits per heavy atom. The van der Waals surface area contributed by atoms with Gasteiger partial charge in [-0.25, -0.2) is 4.98 Å². The number of H-pyrrole nitrogens is 1. The summed E-state index contributed by atoms with van der Waals surface area (Å²) in [5.74, 6) is 0.625. The fraction of sp³-hybridized carbons (Fsp3) is 0.250. The lowest BCUT2D eigenvalue weighted by atomic mass is 10.0. The van der Waals surface area contributed by atoms with Crippen LogP contribution in [0.4, 0.5) is 0 Å². The van der Waals surface area contributed by atoms with Gasteiger partial charge in [0.2, 0.25) is 0 Å². The summed E-state index contributed by atoms with van der Waals surface area (Å²) in [6, 6.07) is 28.7. The van der Waals surface area contributed by atoms with Crippen LogP contribution in [0.15, 0.2) is 84.9 Å². The molecular formula is C32H32N4O2. The van der Waals surface area contributed by atoms with Crippen LogP contribution in [0.25, 0.3) is 33.1 Å². The molecule has 0 saturated carbocycles. The first kappa shape index (κ1) is 24.2. The van der Waals surface area contributed by atoms with Gasteiger partial charge in [0, 0.05) is 47.5 Å². The zero-order valence-corrected chi connectivity index (χ0v) is 21.6. The van der Waals surface area contributed by atoms with Crippen molar-refractivity contribution in [3.8, 4) is 17.0 Å². The van der Waals surface area contributed by atoms with E-state index in [4.69, 9.17) is 9.72 Å². The summed E-state index contributed by atoms with van der Waals surface area (Å²) in [5, 5.41) is 5.33. The van der Waals surface area contributed by atoms with Crippen LogP contribution in [0.2, 0.25) is 0 Å². The number of likely N-dealkylation sites (tertiary alicyclic amines) is 1. The van der Waals surface area contributed by atoms with E-state index in [1.165, 1.54) is 5.56 Å². The number of hydrogen-bond acceptors (Lipinski definition) is 4. The predicted molar refractivity (Wildman–Crippen MR) is 152 cm³/mol. The number of piperidine rings is 1. The second kappa shape index (κ2) is 10.7. The third-order valence-electron chi connectivity index (χ3n) is 7.34. The SMILES string of the molecule is CCOc1ccccc1-c1nc(C(=O)NC2CCN(Cc3ccccc3)CC2)cc2c1[nH]c1ccccc12. The molecule has 0 aliphatic carbocycles. The first-order valence-electron chi connectivity index (χ1n) is 13.4. The smallest absolute Gasteiger partial charge is 0.270 e. The molecule has 3 aromatic carbocycles. The molecule has 1 aliphatic heterocycles. The standard InChI is InChI=1S/C32H32N4O2/c1-2-38-29-15-9-7-13-25(29)30-31-26(24-12-6-8-14-27(24)34-31)20-28(35-30)32(37)33-23-16-18-36(19-17-23)21-22-10-4-3-5-11-22/h3-15,20,23,34H,2,16-19,21H2,1H3,(H,33,37). The fourth-order valence-corrected chi connectivity index (χ4v) is 5.44. The molecule has 38 heavy (non-hydrogen) atoms. The Hall–Kier alpha value is -4.16. The molecule has 3 heterocycles. The number of pyridine rings is 1. The molecule has 1 aliphatic rings. The third-order valence-corrected chi connectivity index (χ3v) is 7.34. The van der Waals surface area contributed by atoms with E-state index in [0.717, 1.165) is 71.3 Å². The van der Waals surface area contributed by atoms with Crippen LogP contribution in [-0.4, -0.2) is 46.5 Å². The molecule has 0 unspecified atom stereocenters. The number of amides is 1. The van der Waals surface area contributed by atoms with E-state index in [1.54, 1.807) is 0 Å². The van der Waals surface area contributed by atoms with Crippen molar-refractivity contribution in [3.05, 3.63) is 96.2 Å². The van der Waals surface area contributed by atoms with Crippen molar-refractivity contribution in [1.29, 1.82) is 0 Å². The number of para-hydroxylation sites is 2. The minimum Gasteiger partial charge on any atom is -0.493 e. The van der Waals surface area contributed by atoms with Crippen LogP contribution in [-0.2, 0) is 6.54 Å². The Kier molecular flexibility index (Phi) is 6.80. The highest BCUT2D eigenvalue weighted by Gasteiger charge is 2.24. The molecule has 1 amide bonds. The van der Waals surface area contributed by atoms with Crippen LogP contribution >= 0.6 is 0 Å². The van der Waals surface area contributed by atoms with Crippen molar-refractivity contribution in [2.45, 2.75) is 32.4 Å². The molecule has 1 fully saturated rings. The van der Waals surface area contributed by atoms with Gasteiger partial charge in [0.15, 0.2) is 0 Å². The normalized spacial score (nSPS) is 14.7. The van der Waals surface area contributed by atoms with Gasteiger partial charge in [0.1, 0.15) is 11.4 Å². The van der Waals surface area contributed by atoms with E-state index in [9.17, 15) is 4.79 Å². The number of benzene rings is 3. The number of nitrogens with one attached hydrogen (secondary N) is 2. The van der Waals surface area contributed by atoms with Crippen molar-refractivity contribution in [3.63, 3.8) is 0 Å². The number of carbonyl (C=O) groups is 1. The zero-order valence-electron chi connectivity index (χ0n) is 21.6. The van der Waals surface area contributed by atoms with E-state index in [1.807, 2.05) is 55.5 Å².